The maximum Gasteiger partial charge on any atom is 0.151 e. The molecule has 1 aromatic rings. The van der Waals surface area contributed by atoms with Gasteiger partial charge in [-0.3, -0.25) is 0 Å². The monoisotopic (exact) mass is 215 g/mol. The first kappa shape index (κ1) is 11.5. The number of rotatable bonds is 3. The van der Waals surface area contributed by atoms with Crippen molar-refractivity contribution in [1.29, 1.82) is 0 Å². The second-order valence-corrected chi connectivity index (χ2v) is 4.91. The normalized spacial score (nSPS) is 12.1. The lowest BCUT2D eigenvalue weighted by Crippen LogP contribution is -2.12. The molecule has 0 fully saturated rings. The Hall–Kier alpha value is -0.570. The lowest BCUT2D eigenvalue weighted by atomic mass is 9.93. The average molecular weight is 216 g/mol. The first-order valence-electron chi connectivity index (χ1n) is 5.06. The van der Waals surface area contributed by atoms with Gasteiger partial charge >= 0.3 is 0 Å². The van der Waals surface area contributed by atoms with Crippen LogP contribution in [0.5, 0.6) is 0 Å². The Morgan fingerprint density at radius 3 is 2.43 bits per heavy atom. The Morgan fingerprint density at radius 2 is 2.00 bits per heavy atom. The molecule has 0 aliphatic heterocycles. The molecule has 3 nitrogen and oxygen atoms in total. The minimum absolute atomic E-state index is 0.0262. The topological polar surface area (TPSA) is 30.7 Å². The molecule has 4 heteroatoms. The fraction of sp³-hybridized carbons (Fsp3) is 0.800. The molecule has 0 amide bonds. The molecule has 0 spiro atoms. The van der Waals surface area contributed by atoms with Gasteiger partial charge < -0.3 is 0 Å². The summed E-state index contributed by atoms with van der Waals surface area (Å²) >= 11 is 6.18. The predicted octanol–water partition coefficient (Wildman–Crippen LogP) is 3.03. The molecule has 0 saturated carbocycles. The Labute approximate surface area is 90.4 Å². The molecule has 0 aliphatic rings. The van der Waals surface area contributed by atoms with Crippen LogP contribution >= 0.6 is 11.6 Å². The summed E-state index contributed by atoms with van der Waals surface area (Å²) in [5.74, 6) is 0. The number of hydrogen-bond donors (Lipinski definition) is 0. The zero-order valence-corrected chi connectivity index (χ0v) is 10.1. The Morgan fingerprint density at radius 1 is 1.36 bits per heavy atom. The first-order valence-corrected chi connectivity index (χ1v) is 5.44. The number of hydrogen-bond acceptors (Lipinski definition) is 2. The lowest BCUT2D eigenvalue weighted by molar-refractivity contribution is 0.552. The van der Waals surface area contributed by atoms with Crippen LogP contribution in [0, 0.1) is 0 Å². The largest absolute Gasteiger partial charge is 0.233 e. The van der Waals surface area contributed by atoms with E-state index in [2.05, 4.69) is 38.0 Å². The van der Waals surface area contributed by atoms with Gasteiger partial charge in [-0.25, -0.2) is 4.68 Å². The summed E-state index contributed by atoms with van der Waals surface area (Å²) in [6.07, 6.45) is 2.23. The van der Waals surface area contributed by atoms with Crippen molar-refractivity contribution in [3.05, 3.63) is 10.8 Å². The maximum atomic E-state index is 6.18. The Bertz CT molecular complexity index is 299. The zero-order chi connectivity index (χ0) is 10.8. The van der Waals surface area contributed by atoms with Crippen molar-refractivity contribution in [3.8, 4) is 0 Å². The van der Waals surface area contributed by atoms with Crippen LogP contribution in [0.15, 0.2) is 0 Å². The molecular formula is C10H18ClN3. The summed E-state index contributed by atoms with van der Waals surface area (Å²) in [5, 5.41) is 8.86. The van der Waals surface area contributed by atoms with Crippen molar-refractivity contribution < 1.29 is 0 Å². The van der Waals surface area contributed by atoms with E-state index in [4.69, 9.17) is 11.6 Å². The summed E-state index contributed by atoms with van der Waals surface area (Å²) in [6, 6.07) is 0. The highest BCUT2D eigenvalue weighted by Gasteiger charge is 2.23. The van der Waals surface area contributed by atoms with E-state index in [1.165, 1.54) is 0 Å². The van der Waals surface area contributed by atoms with E-state index < -0.39 is 0 Å². The third kappa shape index (κ3) is 2.47. The summed E-state index contributed by atoms with van der Waals surface area (Å²) in [7, 11) is 0. The molecule has 0 aliphatic carbocycles. The van der Waals surface area contributed by atoms with Crippen LogP contribution in [-0.2, 0) is 12.0 Å². The van der Waals surface area contributed by atoms with Crippen molar-refractivity contribution in [3.63, 3.8) is 0 Å². The molecule has 14 heavy (non-hydrogen) atoms. The van der Waals surface area contributed by atoms with Gasteiger partial charge in [0.05, 0.1) is 0 Å². The Balaban J connectivity index is 2.86. The quantitative estimate of drug-likeness (QED) is 0.776. The van der Waals surface area contributed by atoms with Gasteiger partial charge in [0.1, 0.15) is 5.69 Å². The molecule has 0 aromatic carbocycles. The summed E-state index contributed by atoms with van der Waals surface area (Å²) in [4.78, 5) is 0. The van der Waals surface area contributed by atoms with Gasteiger partial charge in [-0.15, -0.1) is 5.10 Å². The van der Waals surface area contributed by atoms with Gasteiger partial charge in [0.15, 0.2) is 5.15 Å². The molecule has 0 radical (unpaired) electrons. The van der Waals surface area contributed by atoms with E-state index >= 15 is 0 Å². The molecular weight excluding hydrogens is 198 g/mol. The van der Waals surface area contributed by atoms with Gasteiger partial charge in [-0.1, -0.05) is 50.9 Å². The minimum atomic E-state index is -0.0262. The minimum Gasteiger partial charge on any atom is -0.233 e. The number of nitrogens with zero attached hydrogens (tertiary/aromatic N) is 3. The van der Waals surface area contributed by atoms with E-state index in [1.807, 2.05) is 0 Å². The van der Waals surface area contributed by atoms with E-state index in [1.54, 1.807) is 4.68 Å². The third-order valence-corrected chi connectivity index (χ3v) is 2.48. The number of aryl methyl sites for hydroxylation is 1. The molecule has 0 bridgehead atoms. The van der Waals surface area contributed by atoms with E-state index in [9.17, 15) is 0 Å². The van der Waals surface area contributed by atoms with Gasteiger partial charge in [0.2, 0.25) is 0 Å². The van der Waals surface area contributed by atoms with Gasteiger partial charge in [0.25, 0.3) is 0 Å². The highest BCUT2D eigenvalue weighted by Crippen LogP contribution is 2.26. The second-order valence-electron chi connectivity index (χ2n) is 4.56. The number of halogens is 1. The van der Waals surface area contributed by atoms with Crippen molar-refractivity contribution >= 4 is 11.6 Å². The molecule has 1 heterocycles. The molecule has 80 valence electrons. The van der Waals surface area contributed by atoms with E-state index in [0.29, 0.717) is 5.15 Å². The second kappa shape index (κ2) is 4.30. The van der Waals surface area contributed by atoms with Crippen LogP contribution in [0.25, 0.3) is 0 Å². The van der Waals surface area contributed by atoms with Crippen molar-refractivity contribution in [2.45, 2.75) is 52.5 Å². The molecule has 0 atom stereocenters. The van der Waals surface area contributed by atoms with Gasteiger partial charge in [-0.05, 0) is 6.42 Å². The molecule has 1 aromatic heterocycles. The highest BCUT2D eigenvalue weighted by atomic mass is 35.5. The molecule has 0 saturated heterocycles. The average Bonchev–Trinajstić information content (AvgIpc) is 2.42. The van der Waals surface area contributed by atoms with Gasteiger partial charge in [0, 0.05) is 12.0 Å². The summed E-state index contributed by atoms with van der Waals surface area (Å²) in [5.41, 5.74) is 0.858. The molecule has 1 rings (SSSR count). The van der Waals surface area contributed by atoms with E-state index in [0.717, 1.165) is 25.1 Å². The standard InChI is InChI=1S/C10H18ClN3/c1-5-6-7-14-9(11)8(12-13-14)10(2,3)4/h5-7H2,1-4H3. The van der Waals surface area contributed by atoms with Crippen molar-refractivity contribution in [1.82, 2.24) is 15.0 Å². The number of aromatic nitrogens is 3. The molecule has 0 N–H and O–H groups in total. The first-order chi connectivity index (χ1) is 6.46. The fourth-order valence-electron chi connectivity index (χ4n) is 1.21. The zero-order valence-electron chi connectivity index (χ0n) is 9.34. The highest BCUT2D eigenvalue weighted by molar-refractivity contribution is 6.30. The summed E-state index contributed by atoms with van der Waals surface area (Å²) < 4.78 is 1.78. The lowest BCUT2D eigenvalue weighted by Gasteiger charge is -2.14. The van der Waals surface area contributed by atoms with Crippen molar-refractivity contribution in [2.24, 2.45) is 0 Å². The smallest absolute Gasteiger partial charge is 0.151 e. The molecule has 0 unspecified atom stereocenters. The van der Waals surface area contributed by atoms with Gasteiger partial charge in [-0.2, -0.15) is 0 Å². The van der Waals surface area contributed by atoms with Crippen molar-refractivity contribution in [2.75, 3.05) is 0 Å². The number of unbranched alkanes of at least 4 members (excludes halogenated alkanes) is 1. The van der Waals surface area contributed by atoms with Crippen LogP contribution in [0.4, 0.5) is 0 Å². The van der Waals surface area contributed by atoms with Crippen LogP contribution in [0.3, 0.4) is 0 Å². The fourth-order valence-corrected chi connectivity index (χ4v) is 1.65. The predicted molar refractivity (Wildman–Crippen MR) is 58.6 cm³/mol. The van der Waals surface area contributed by atoms with Crippen LogP contribution in [0.2, 0.25) is 5.15 Å². The SMILES string of the molecule is CCCCn1nnc(C(C)(C)C)c1Cl. The van der Waals surface area contributed by atoms with E-state index in [-0.39, 0.29) is 5.41 Å². The summed E-state index contributed by atoms with van der Waals surface area (Å²) in [6.45, 7) is 9.28. The van der Waals surface area contributed by atoms with Crippen LogP contribution < -0.4 is 0 Å². The van der Waals surface area contributed by atoms with Crippen LogP contribution in [-0.4, -0.2) is 15.0 Å². The Kier molecular flexibility index (Phi) is 3.53. The third-order valence-electron chi connectivity index (χ3n) is 2.11. The van der Waals surface area contributed by atoms with Crippen LogP contribution in [0.1, 0.15) is 46.2 Å². The maximum absolute atomic E-state index is 6.18.